The van der Waals surface area contributed by atoms with Crippen molar-refractivity contribution in [2.45, 2.75) is 44.9 Å². The summed E-state index contributed by atoms with van der Waals surface area (Å²) in [6.45, 7) is 8.66. The predicted molar refractivity (Wildman–Crippen MR) is 76.6 cm³/mol. The third-order valence-electron chi connectivity index (χ3n) is 2.97. The Balaban J connectivity index is 3.27. The molecule has 3 heteroatoms. The van der Waals surface area contributed by atoms with Gasteiger partial charge in [0.2, 0.25) is 0 Å². The molecule has 0 fully saturated rings. The second kappa shape index (κ2) is 5.28. The van der Waals surface area contributed by atoms with E-state index in [1.807, 2.05) is 7.05 Å². The van der Waals surface area contributed by atoms with Gasteiger partial charge in [-0.15, -0.1) is 11.6 Å². The molecule has 0 heterocycles. The lowest BCUT2D eigenvalue weighted by molar-refractivity contribution is 0.589. The summed E-state index contributed by atoms with van der Waals surface area (Å²) < 4.78 is 0. The first-order chi connectivity index (χ1) is 7.77. The fourth-order valence-electron chi connectivity index (χ4n) is 1.80. The molecule has 1 rings (SSSR count). The van der Waals surface area contributed by atoms with Gasteiger partial charge in [-0.25, -0.2) is 5.84 Å². The zero-order valence-electron chi connectivity index (χ0n) is 11.4. The third kappa shape index (κ3) is 3.36. The maximum Gasteiger partial charge on any atom is 0.0603 e. The maximum absolute atomic E-state index is 6.32. The third-order valence-corrected chi connectivity index (χ3v) is 3.52. The number of nitrogens with two attached hydrogens (primary N) is 1. The van der Waals surface area contributed by atoms with Crippen molar-refractivity contribution in [2.75, 3.05) is 12.1 Å². The Labute approximate surface area is 110 Å². The van der Waals surface area contributed by atoms with Crippen molar-refractivity contribution in [2.24, 2.45) is 5.84 Å². The average molecular weight is 255 g/mol. The van der Waals surface area contributed by atoms with Crippen LogP contribution in [-0.4, -0.2) is 7.05 Å². The van der Waals surface area contributed by atoms with Crippen LogP contribution in [0, 0.1) is 0 Å². The van der Waals surface area contributed by atoms with Crippen LogP contribution in [0.25, 0.3) is 0 Å². The molecule has 0 amide bonds. The van der Waals surface area contributed by atoms with E-state index < -0.39 is 0 Å². The van der Waals surface area contributed by atoms with Crippen LogP contribution < -0.4 is 10.9 Å². The second-order valence-corrected chi connectivity index (χ2v) is 6.04. The minimum atomic E-state index is 0.0185. The van der Waals surface area contributed by atoms with E-state index >= 15 is 0 Å². The standard InChI is InChI=1S/C14H23ClN2/c1-6-12(15)11-8-7-10(14(2,3)4)9-13(11)17(5)16/h7-9,12H,6,16H2,1-5H3. The molecule has 0 radical (unpaired) electrons. The number of halogens is 1. The molecule has 0 spiro atoms. The summed E-state index contributed by atoms with van der Waals surface area (Å²) in [7, 11) is 1.85. The van der Waals surface area contributed by atoms with E-state index in [2.05, 4.69) is 45.9 Å². The highest BCUT2D eigenvalue weighted by Gasteiger charge is 2.18. The molecule has 17 heavy (non-hydrogen) atoms. The molecule has 0 saturated carbocycles. The zero-order chi connectivity index (χ0) is 13.2. The second-order valence-electron chi connectivity index (χ2n) is 5.51. The summed E-state index contributed by atoms with van der Waals surface area (Å²) in [6.07, 6.45) is 0.900. The van der Waals surface area contributed by atoms with Crippen LogP contribution in [0.5, 0.6) is 0 Å². The monoisotopic (exact) mass is 254 g/mol. The molecular formula is C14H23ClN2. The van der Waals surface area contributed by atoms with Crippen LogP contribution in [-0.2, 0) is 5.41 Å². The summed E-state index contributed by atoms with van der Waals surface area (Å²) >= 11 is 6.32. The van der Waals surface area contributed by atoms with Crippen molar-refractivity contribution in [3.8, 4) is 0 Å². The Morgan fingerprint density at radius 1 is 1.35 bits per heavy atom. The molecule has 0 aromatic heterocycles. The number of benzene rings is 1. The fourth-order valence-corrected chi connectivity index (χ4v) is 1.98. The van der Waals surface area contributed by atoms with Crippen LogP contribution in [0.3, 0.4) is 0 Å². The molecule has 0 aliphatic carbocycles. The van der Waals surface area contributed by atoms with Gasteiger partial charge >= 0.3 is 0 Å². The first-order valence-electron chi connectivity index (χ1n) is 6.04. The minimum absolute atomic E-state index is 0.0185. The van der Waals surface area contributed by atoms with Crippen molar-refractivity contribution in [1.82, 2.24) is 0 Å². The van der Waals surface area contributed by atoms with Crippen molar-refractivity contribution >= 4 is 17.3 Å². The number of hydrazine groups is 1. The lowest BCUT2D eigenvalue weighted by Crippen LogP contribution is -2.27. The summed E-state index contributed by atoms with van der Waals surface area (Å²) in [4.78, 5) is 0. The van der Waals surface area contributed by atoms with Crippen molar-refractivity contribution in [1.29, 1.82) is 0 Å². The smallest absolute Gasteiger partial charge is 0.0603 e. The molecule has 1 unspecified atom stereocenters. The lowest BCUT2D eigenvalue weighted by atomic mass is 9.85. The van der Waals surface area contributed by atoms with Gasteiger partial charge < -0.3 is 5.01 Å². The first kappa shape index (κ1) is 14.3. The number of anilines is 1. The molecule has 1 aromatic carbocycles. The Bertz CT molecular complexity index is 380. The fraction of sp³-hybridized carbons (Fsp3) is 0.571. The van der Waals surface area contributed by atoms with E-state index in [1.165, 1.54) is 5.56 Å². The van der Waals surface area contributed by atoms with Gasteiger partial charge in [-0.3, -0.25) is 0 Å². The molecule has 0 saturated heterocycles. The number of hydrogen-bond acceptors (Lipinski definition) is 2. The molecule has 96 valence electrons. The van der Waals surface area contributed by atoms with Gasteiger partial charge in [-0.2, -0.15) is 0 Å². The van der Waals surface area contributed by atoms with Gasteiger partial charge in [0.15, 0.2) is 0 Å². The van der Waals surface area contributed by atoms with Crippen LogP contribution in [0.15, 0.2) is 18.2 Å². The molecular weight excluding hydrogens is 232 g/mol. The van der Waals surface area contributed by atoms with Gasteiger partial charge in [0.05, 0.1) is 11.1 Å². The van der Waals surface area contributed by atoms with Crippen LogP contribution in [0.2, 0.25) is 0 Å². The molecule has 1 aromatic rings. The summed E-state index contributed by atoms with van der Waals surface area (Å²) in [5.41, 5.74) is 3.51. The van der Waals surface area contributed by atoms with E-state index in [-0.39, 0.29) is 10.8 Å². The predicted octanol–water partition coefficient (Wildman–Crippen LogP) is 3.98. The molecule has 1 atom stereocenters. The first-order valence-corrected chi connectivity index (χ1v) is 6.48. The van der Waals surface area contributed by atoms with E-state index in [4.69, 9.17) is 17.4 Å². The molecule has 2 N–H and O–H groups in total. The van der Waals surface area contributed by atoms with Crippen LogP contribution in [0.4, 0.5) is 5.69 Å². The molecule has 0 aliphatic rings. The Kier molecular flexibility index (Phi) is 4.45. The zero-order valence-corrected chi connectivity index (χ0v) is 12.2. The van der Waals surface area contributed by atoms with E-state index in [9.17, 15) is 0 Å². The van der Waals surface area contributed by atoms with E-state index in [0.717, 1.165) is 17.7 Å². The Morgan fingerprint density at radius 2 is 1.94 bits per heavy atom. The highest BCUT2D eigenvalue weighted by Crippen LogP contribution is 2.35. The van der Waals surface area contributed by atoms with Gasteiger partial charge in [0.25, 0.3) is 0 Å². The lowest BCUT2D eigenvalue weighted by Gasteiger charge is -2.25. The Morgan fingerprint density at radius 3 is 2.35 bits per heavy atom. The number of rotatable bonds is 3. The topological polar surface area (TPSA) is 29.3 Å². The molecule has 0 aliphatic heterocycles. The van der Waals surface area contributed by atoms with Crippen molar-refractivity contribution < 1.29 is 0 Å². The number of hydrogen-bond donors (Lipinski definition) is 1. The summed E-state index contributed by atoms with van der Waals surface area (Å²) in [5, 5.41) is 1.67. The quantitative estimate of drug-likeness (QED) is 0.502. The summed E-state index contributed by atoms with van der Waals surface area (Å²) in [6, 6.07) is 6.38. The van der Waals surface area contributed by atoms with E-state index in [1.54, 1.807) is 5.01 Å². The summed E-state index contributed by atoms with van der Waals surface area (Å²) in [5.74, 6) is 5.89. The van der Waals surface area contributed by atoms with Gasteiger partial charge in [0, 0.05) is 7.05 Å². The average Bonchev–Trinajstić information content (AvgIpc) is 2.25. The van der Waals surface area contributed by atoms with Crippen LogP contribution in [0.1, 0.15) is 50.6 Å². The normalized spacial score (nSPS) is 13.6. The highest BCUT2D eigenvalue weighted by atomic mass is 35.5. The van der Waals surface area contributed by atoms with Gasteiger partial charge in [-0.05, 0) is 29.0 Å². The Hall–Kier alpha value is -0.730. The van der Waals surface area contributed by atoms with Crippen molar-refractivity contribution in [3.63, 3.8) is 0 Å². The van der Waals surface area contributed by atoms with Crippen LogP contribution >= 0.6 is 11.6 Å². The number of alkyl halides is 1. The number of nitrogens with zero attached hydrogens (tertiary/aromatic N) is 1. The molecule has 0 bridgehead atoms. The highest BCUT2D eigenvalue weighted by molar-refractivity contribution is 6.21. The van der Waals surface area contributed by atoms with Gasteiger partial charge in [-0.1, -0.05) is 39.8 Å². The maximum atomic E-state index is 6.32. The SMILES string of the molecule is CCC(Cl)c1ccc(C(C)(C)C)cc1N(C)N. The van der Waals surface area contributed by atoms with Gasteiger partial charge in [0.1, 0.15) is 0 Å². The van der Waals surface area contributed by atoms with E-state index in [0.29, 0.717) is 0 Å². The minimum Gasteiger partial charge on any atom is -0.314 e. The largest absolute Gasteiger partial charge is 0.314 e. The molecule has 2 nitrogen and oxygen atoms in total. The van der Waals surface area contributed by atoms with Crippen molar-refractivity contribution in [3.05, 3.63) is 29.3 Å².